The Bertz CT molecular complexity index is 1350. The number of carbonyl (C=O) groups is 1. The van der Waals surface area contributed by atoms with Crippen LogP contribution in [0.25, 0.3) is 21.9 Å². The Hall–Kier alpha value is -3.59. The second kappa shape index (κ2) is 10.4. The number of hydrogen-bond acceptors (Lipinski definition) is 2. The molecule has 0 spiro atoms. The molecule has 0 amide bonds. The Labute approximate surface area is 207 Å². The van der Waals surface area contributed by atoms with E-state index >= 15 is 0 Å². The van der Waals surface area contributed by atoms with Gasteiger partial charge in [0.2, 0.25) is 0 Å². The summed E-state index contributed by atoms with van der Waals surface area (Å²) in [6, 6.07) is 28.1. The summed E-state index contributed by atoms with van der Waals surface area (Å²) in [6.45, 7) is 0. The molecule has 4 aromatic carbocycles. The summed E-state index contributed by atoms with van der Waals surface area (Å²) in [5.74, 6) is 0.391. The molecule has 0 saturated heterocycles. The number of hydrogen-bond donors (Lipinski definition) is 1. The zero-order chi connectivity index (χ0) is 24.2. The normalized spacial score (nSPS) is 14.0. The highest BCUT2D eigenvalue weighted by molar-refractivity contribution is 5.91. The number of carboxylic acids is 1. The van der Waals surface area contributed by atoms with Crippen molar-refractivity contribution in [3.63, 3.8) is 0 Å². The van der Waals surface area contributed by atoms with Gasteiger partial charge < -0.3 is 9.84 Å². The summed E-state index contributed by atoms with van der Waals surface area (Å²) >= 11 is 0. The van der Waals surface area contributed by atoms with E-state index in [1.165, 1.54) is 50.6 Å². The van der Waals surface area contributed by atoms with Crippen molar-refractivity contribution >= 4 is 16.7 Å². The fourth-order valence-electron chi connectivity index (χ4n) is 5.64. The molecule has 5 rings (SSSR count). The van der Waals surface area contributed by atoms with Gasteiger partial charge in [0.1, 0.15) is 5.75 Å². The number of ether oxygens (including phenoxy) is 1. The Morgan fingerprint density at radius 2 is 1.54 bits per heavy atom. The van der Waals surface area contributed by atoms with Crippen molar-refractivity contribution in [3.05, 3.63) is 101 Å². The molecular formula is C32H32O3. The molecule has 178 valence electrons. The lowest BCUT2D eigenvalue weighted by atomic mass is 9.90. The molecule has 0 bridgehead atoms. The van der Waals surface area contributed by atoms with Gasteiger partial charge in [0.15, 0.2) is 0 Å². The molecule has 0 saturated carbocycles. The average molecular weight is 465 g/mol. The van der Waals surface area contributed by atoms with Gasteiger partial charge in [0.25, 0.3) is 0 Å². The molecule has 0 radical (unpaired) electrons. The minimum atomic E-state index is -0.725. The molecule has 4 aromatic rings. The van der Waals surface area contributed by atoms with Gasteiger partial charge >= 0.3 is 5.97 Å². The van der Waals surface area contributed by atoms with E-state index in [0.29, 0.717) is 6.42 Å². The van der Waals surface area contributed by atoms with Crippen LogP contribution >= 0.6 is 0 Å². The summed E-state index contributed by atoms with van der Waals surface area (Å²) in [7, 11) is 1.73. The van der Waals surface area contributed by atoms with Crippen LogP contribution in [0.1, 0.15) is 60.3 Å². The molecule has 0 heterocycles. The molecule has 0 aliphatic heterocycles. The van der Waals surface area contributed by atoms with Gasteiger partial charge in [0, 0.05) is 17.7 Å². The highest BCUT2D eigenvalue weighted by Crippen LogP contribution is 2.47. The number of aryl methyl sites for hydroxylation is 2. The lowest BCUT2D eigenvalue weighted by Gasteiger charge is -2.13. The SMILES string of the molecule is COc1ccc(CCCCCc2ccc3c(c2)C(CCC(=O)O)c2ccccc2-3)c2ccccc12. The van der Waals surface area contributed by atoms with Gasteiger partial charge in [-0.05, 0) is 76.9 Å². The van der Waals surface area contributed by atoms with E-state index in [1.807, 2.05) is 0 Å². The minimum absolute atomic E-state index is 0.181. The molecular weight excluding hydrogens is 432 g/mol. The number of methoxy groups -OCH3 is 1. The molecule has 0 fully saturated rings. The van der Waals surface area contributed by atoms with Crippen LogP contribution in [-0.4, -0.2) is 18.2 Å². The first-order chi connectivity index (χ1) is 17.2. The number of aliphatic carboxylic acids is 1. The first-order valence-corrected chi connectivity index (χ1v) is 12.6. The second-order valence-electron chi connectivity index (χ2n) is 9.53. The van der Waals surface area contributed by atoms with Gasteiger partial charge in [-0.25, -0.2) is 0 Å². The van der Waals surface area contributed by atoms with Crippen LogP contribution in [0.2, 0.25) is 0 Å². The standard InChI is InChI=1S/C32H32O3/c1-35-31-19-16-23(24-11-5-8-14-29(24)31)10-4-2-3-9-22-15-17-27-25-12-6-7-13-26(25)28(30(27)21-22)18-20-32(33)34/h5-8,11-17,19,21,28H,2-4,9-10,18,20H2,1H3,(H,33,34). The fourth-order valence-corrected chi connectivity index (χ4v) is 5.64. The number of rotatable bonds is 10. The van der Waals surface area contributed by atoms with Crippen LogP contribution in [0.4, 0.5) is 0 Å². The van der Waals surface area contributed by atoms with Crippen LogP contribution in [0.3, 0.4) is 0 Å². The maximum atomic E-state index is 11.3. The van der Waals surface area contributed by atoms with Crippen molar-refractivity contribution in [2.45, 2.75) is 50.9 Å². The van der Waals surface area contributed by atoms with Crippen molar-refractivity contribution in [2.24, 2.45) is 0 Å². The number of fused-ring (bicyclic) bond motifs is 4. The summed E-state index contributed by atoms with van der Waals surface area (Å²) < 4.78 is 5.53. The van der Waals surface area contributed by atoms with E-state index < -0.39 is 5.97 Å². The molecule has 1 unspecified atom stereocenters. The third kappa shape index (κ3) is 4.81. The maximum Gasteiger partial charge on any atom is 0.303 e. The summed E-state index contributed by atoms with van der Waals surface area (Å²) in [5.41, 5.74) is 7.84. The summed E-state index contributed by atoms with van der Waals surface area (Å²) in [4.78, 5) is 11.3. The fraction of sp³-hybridized carbons (Fsp3) is 0.281. The third-order valence-corrected chi connectivity index (χ3v) is 7.37. The molecule has 3 heteroatoms. The Kier molecular flexibility index (Phi) is 6.85. The first kappa shape index (κ1) is 23.2. The molecule has 1 atom stereocenters. The average Bonchev–Trinajstić information content (AvgIpc) is 3.20. The lowest BCUT2D eigenvalue weighted by molar-refractivity contribution is -0.137. The molecule has 1 N–H and O–H groups in total. The van der Waals surface area contributed by atoms with Crippen LogP contribution < -0.4 is 4.74 Å². The van der Waals surface area contributed by atoms with E-state index in [1.54, 1.807) is 7.11 Å². The van der Waals surface area contributed by atoms with Crippen LogP contribution in [0, 0.1) is 0 Å². The topological polar surface area (TPSA) is 46.5 Å². The maximum absolute atomic E-state index is 11.3. The Balaban J connectivity index is 1.22. The van der Waals surface area contributed by atoms with E-state index in [9.17, 15) is 9.90 Å². The van der Waals surface area contributed by atoms with Gasteiger partial charge in [-0.2, -0.15) is 0 Å². The summed E-state index contributed by atoms with van der Waals surface area (Å²) in [5, 5.41) is 11.7. The zero-order valence-electron chi connectivity index (χ0n) is 20.3. The zero-order valence-corrected chi connectivity index (χ0v) is 20.3. The lowest BCUT2D eigenvalue weighted by Crippen LogP contribution is -2.02. The van der Waals surface area contributed by atoms with Crippen LogP contribution in [0.15, 0.2) is 78.9 Å². The molecule has 3 nitrogen and oxygen atoms in total. The smallest absolute Gasteiger partial charge is 0.303 e. The number of unbranched alkanes of at least 4 members (excludes halogenated alkanes) is 2. The summed E-state index contributed by atoms with van der Waals surface area (Å²) in [6.07, 6.45) is 6.47. The van der Waals surface area contributed by atoms with Crippen molar-refractivity contribution < 1.29 is 14.6 Å². The second-order valence-corrected chi connectivity index (χ2v) is 9.53. The first-order valence-electron chi connectivity index (χ1n) is 12.6. The minimum Gasteiger partial charge on any atom is -0.496 e. The van der Waals surface area contributed by atoms with Crippen LogP contribution in [0.5, 0.6) is 5.75 Å². The van der Waals surface area contributed by atoms with E-state index in [0.717, 1.165) is 31.4 Å². The van der Waals surface area contributed by atoms with Gasteiger partial charge in [-0.3, -0.25) is 4.79 Å². The molecule has 35 heavy (non-hydrogen) atoms. The van der Waals surface area contributed by atoms with E-state index in [2.05, 4.69) is 78.9 Å². The monoisotopic (exact) mass is 464 g/mol. The van der Waals surface area contributed by atoms with Crippen LogP contribution in [-0.2, 0) is 17.6 Å². The van der Waals surface area contributed by atoms with Crippen molar-refractivity contribution in [2.75, 3.05) is 7.11 Å². The largest absolute Gasteiger partial charge is 0.496 e. The number of carboxylic acid groups (broad SMARTS) is 1. The van der Waals surface area contributed by atoms with Gasteiger partial charge in [-0.1, -0.05) is 79.2 Å². The predicted molar refractivity (Wildman–Crippen MR) is 142 cm³/mol. The van der Waals surface area contributed by atoms with E-state index in [4.69, 9.17) is 4.74 Å². The van der Waals surface area contributed by atoms with E-state index in [-0.39, 0.29) is 12.3 Å². The van der Waals surface area contributed by atoms with Crippen molar-refractivity contribution in [1.29, 1.82) is 0 Å². The molecule has 0 aromatic heterocycles. The third-order valence-electron chi connectivity index (χ3n) is 7.37. The number of benzene rings is 4. The Morgan fingerprint density at radius 1 is 0.800 bits per heavy atom. The quantitative estimate of drug-likeness (QED) is 0.244. The highest BCUT2D eigenvalue weighted by Gasteiger charge is 2.28. The predicted octanol–water partition coefficient (Wildman–Crippen LogP) is 7.78. The van der Waals surface area contributed by atoms with Crippen molar-refractivity contribution in [3.8, 4) is 16.9 Å². The molecule has 1 aliphatic rings. The Morgan fingerprint density at radius 3 is 2.37 bits per heavy atom. The van der Waals surface area contributed by atoms with Gasteiger partial charge in [0.05, 0.1) is 7.11 Å². The highest BCUT2D eigenvalue weighted by atomic mass is 16.5. The molecule has 1 aliphatic carbocycles. The van der Waals surface area contributed by atoms with Gasteiger partial charge in [-0.15, -0.1) is 0 Å². The van der Waals surface area contributed by atoms with Crippen molar-refractivity contribution in [1.82, 2.24) is 0 Å².